The Morgan fingerprint density at radius 1 is 1.26 bits per heavy atom. The lowest BCUT2D eigenvalue weighted by molar-refractivity contribution is -0.119. The molecular weight excluding hydrogens is 306 g/mol. The molecule has 0 radical (unpaired) electrons. The van der Waals surface area contributed by atoms with Crippen molar-refractivity contribution in [1.82, 2.24) is 14.9 Å². The van der Waals surface area contributed by atoms with Gasteiger partial charge in [-0.25, -0.2) is 4.98 Å². The number of benzene rings is 1. The van der Waals surface area contributed by atoms with Crippen LogP contribution in [0.15, 0.2) is 47.9 Å². The molecule has 23 heavy (non-hydrogen) atoms. The van der Waals surface area contributed by atoms with Crippen LogP contribution in [0.4, 0.5) is 0 Å². The van der Waals surface area contributed by atoms with Gasteiger partial charge in [-0.05, 0) is 11.5 Å². The molecule has 0 aliphatic rings. The fourth-order valence-electron chi connectivity index (χ4n) is 2.73. The van der Waals surface area contributed by atoms with Crippen molar-refractivity contribution >= 4 is 17.7 Å². The standard InChI is InChI=1S/C18H25N3OS/c1-4-14(5-2)17(15-9-7-6-8-10-15)20-16(22)13-23-18-19-11-12-21(18)3/h6-12,14,17H,4-5,13H2,1-3H3,(H,20,22)/t17-/m1/s1. The Morgan fingerprint density at radius 2 is 1.96 bits per heavy atom. The fraction of sp³-hybridized carbons (Fsp3) is 0.444. The van der Waals surface area contributed by atoms with Crippen LogP contribution in [0, 0.1) is 5.92 Å². The number of thioether (sulfide) groups is 1. The van der Waals surface area contributed by atoms with Crippen LogP contribution in [0.3, 0.4) is 0 Å². The third-order valence-corrected chi connectivity index (χ3v) is 5.16. The van der Waals surface area contributed by atoms with Crippen LogP contribution in [-0.4, -0.2) is 21.2 Å². The van der Waals surface area contributed by atoms with Crippen LogP contribution in [0.2, 0.25) is 0 Å². The molecule has 124 valence electrons. The summed E-state index contributed by atoms with van der Waals surface area (Å²) in [5, 5.41) is 4.08. The van der Waals surface area contributed by atoms with Gasteiger partial charge in [-0.2, -0.15) is 0 Å². The Labute approximate surface area is 142 Å². The number of rotatable bonds is 8. The molecule has 0 unspecified atom stereocenters. The van der Waals surface area contributed by atoms with Gasteiger partial charge in [0, 0.05) is 19.4 Å². The van der Waals surface area contributed by atoms with E-state index in [2.05, 4.69) is 36.3 Å². The highest BCUT2D eigenvalue weighted by atomic mass is 32.2. The molecule has 4 nitrogen and oxygen atoms in total. The Morgan fingerprint density at radius 3 is 2.52 bits per heavy atom. The van der Waals surface area contributed by atoms with Crippen molar-refractivity contribution in [2.24, 2.45) is 13.0 Å². The molecular formula is C18H25N3OS. The van der Waals surface area contributed by atoms with Crippen LogP contribution in [0.5, 0.6) is 0 Å². The zero-order valence-corrected chi connectivity index (χ0v) is 14.8. The van der Waals surface area contributed by atoms with Crippen molar-refractivity contribution in [1.29, 1.82) is 0 Å². The summed E-state index contributed by atoms with van der Waals surface area (Å²) in [5.41, 5.74) is 1.18. The van der Waals surface area contributed by atoms with E-state index in [0.717, 1.165) is 18.0 Å². The predicted octanol–water partition coefficient (Wildman–Crippen LogP) is 3.81. The molecule has 0 aliphatic heterocycles. The normalized spacial score (nSPS) is 12.3. The van der Waals surface area contributed by atoms with Crippen molar-refractivity contribution in [3.05, 3.63) is 48.3 Å². The maximum Gasteiger partial charge on any atom is 0.230 e. The second kappa shape index (κ2) is 8.77. The van der Waals surface area contributed by atoms with Crippen LogP contribution in [-0.2, 0) is 11.8 Å². The number of imidazole rings is 1. The highest BCUT2D eigenvalue weighted by molar-refractivity contribution is 7.99. The molecule has 0 fully saturated rings. The molecule has 0 bridgehead atoms. The van der Waals surface area contributed by atoms with E-state index in [1.165, 1.54) is 17.3 Å². The molecule has 1 aromatic heterocycles. The Kier molecular flexibility index (Phi) is 6.71. The first-order valence-corrected chi connectivity index (χ1v) is 9.08. The fourth-order valence-corrected chi connectivity index (χ4v) is 3.47. The van der Waals surface area contributed by atoms with Crippen LogP contribution in [0.1, 0.15) is 38.3 Å². The first kappa shape index (κ1) is 17.6. The van der Waals surface area contributed by atoms with Gasteiger partial charge in [0.25, 0.3) is 0 Å². The number of amides is 1. The highest BCUT2D eigenvalue weighted by Crippen LogP contribution is 2.27. The summed E-state index contributed by atoms with van der Waals surface area (Å²) in [6, 6.07) is 10.3. The summed E-state index contributed by atoms with van der Waals surface area (Å²) in [6.45, 7) is 4.36. The molecule has 1 heterocycles. The van der Waals surface area contributed by atoms with Gasteiger partial charge < -0.3 is 9.88 Å². The van der Waals surface area contributed by atoms with E-state index in [1.54, 1.807) is 6.20 Å². The number of aryl methyl sites for hydroxylation is 1. The highest BCUT2D eigenvalue weighted by Gasteiger charge is 2.22. The Bertz CT molecular complexity index is 608. The summed E-state index contributed by atoms with van der Waals surface area (Å²) in [6.07, 6.45) is 5.72. The van der Waals surface area contributed by atoms with Crippen molar-refractivity contribution in [2.45, 2.75) is 37.9 Å². The van der Waals surface area contributed by atoms with Crippen molar-refractivity contribution < 1.29 is 4.79 Å². The topological polar surface area (TPSA) is 46.9 Å². The molecule has 0 spiro atoms. The minimum absolute atomic E-state index is 0.0544. The number of hydrogen-bond acceptors (Lipinski definition) is 3. The molecule has 0 aliphatic carbocycles. The zero-order valence-electron chi connectivity index (χ0n) is 14.0. The first-order valence-electron chi connectivity index (χ1n) is 8.10. The SMILES string of the molecule is CCC(CC)[C@@H](NC(=O)CSc1nccn1C)c1ccccc1. The zero-order chi connectivity index (χ0) is 16.7. The smallest absolute Gasteiger partial charge is 0.230 e. The summed E-state index contributed by atoms with van der Waals surface area (Å²) in [7, 11) is 1.93. The predicted molar refractivity (Wildman–Crippen MR) is 95.3 cm³/mol. The number of carbonyl (C=O) groups excluding carboxylic acids is 1. The Hall–Kier alpha value is -1.75. The molecule has 1 amide bonds. The summed E-state index contributed by atoms with van der Waals surface area (Å²) >= 11 is 1.47. The monoisotopic (exact) mass is 331 g/mol. The summed E-state index contributed by atoms with van der Waals surface area (Å²) in [5.74, 6) is 0.882. The lowest BCUT2D eigenvalue weighted by Crippen LogP contribution is -2.34. The number of nitrogens with zero attached hydrogens (tertiary/aromatic N) is 2. The van der Waals surface area contributed by atoms with Gasteiger partial charge >= 0.3 is 0 Å². The van der Waals surface area contributed by atoms with Gasteiger partial charge in [0.15, 0.2) is 5.16 Å². The average Bonchev–Trinajstić information content (AvgIpc) is 2.99. The minimum Gasteiger partial charge on any atom is -0.348 e. The number of hydrogen-bond donors (Lipinski definition) is 1. The maximum absolute atomic E-state index is 12.4. The van der Waals surface area contributed by atoms with E-state index >= 15 is 0 Å². The Balaban J connectivity index is 2.02. The number of carbonyl (C=O) groups is 1. The van der Waals surface area contributed by atoms with Gasteiger partial charge in [-0.15, -0.1) is 0 Å². The molecule has 2 aromatic rings. The third-order valence-electron chi connectivity index (χ3n) is 4.10. The van der Waals surface area contributed by atoms with E-state index in [0.29, 0.717) is 11.7 Å². The van der Waals surface area contributed by atoms with Gasteiger partial charge in [0.05, 0.1) is 11.8 Å². The van der Waals surface area contributed by atoms with E-state index in [9.17, 15) is 4.79 Å². The second-order valence-electron chi connectivity index (χ2n) is 5.64. The molecule has 2 rings (SSSR count). The molecule has 1 atom stereocenters. The second-order valence-corrected chi connectivity index (χ2v) is 6.58. The van der Waals surface area contributed by atoms with Crippen molar-refractivity contribution in [2.75, 3.05) is 5.75 Å². The maximum atomic E-state index is 12.4. The third kappa shape index (κ3) is 4.86. The quantitative estimate of drug-likeness (QED) is 0.748. The van der Waals surface area contributed by atoms with E-state index in [1.807, 2.05) is 36.0 Å². The van der Waals surface area contributed by atoms with Crippen LogP contribution >= 0.6 is 11.8 Å². The first-order chi connectivity index (χ1) is 11.2. The van der Waals surface area contributed by atoms with Crippen LogP contribution < -0.4 is 5.32 Å². The molecule has 1 N–H and O–H groups in total. The van der Waals surface area contributed by atoms with Gasteiger partial charge in [-0.1, -0.05) is 68.8 Å². The number of aromatic nitrogens is 2. The van der Waals surface area contributed by atoms with Crippen molar-refractivity contribution in [3.8, 4) is 0 Å². The molecule has 1 aromatic carbocycles. The lowest BCUT2D eigenvalue weighted by atomic mass is 9.89. The van der Waals surface area contributed by atoms with E-state index < -0.39 is 0 Å². The average molecular weight is 331 g/mol. The van der Waals surface area contributed by atoms with Crippen LogP contribution in [0.25, 0.3) is 0 Å². The summed E-state index contributed by atoms with van der Waals surface area (Å²) in [4.78, 5) is 16.6. The van der Waals surface area contributed by atoms with Crippen molar-refractivity contribution in [3.63, 3.8) is 0 Å². The molecule has 5 heteroatoms. The largest absolute Gasteiger partial charge is 0.348 e. The molecule has 0 saturated carbocycles. The molecule has 0 saturated heterocycles. The minimum atomic E-state index is 0.0544. The number of nitrogens with one attached hydrogen (secondary N) is 1. The van der Waals surface area contributed by atoms with E-state index in [-0.39, 0.29) is 11.9 Å². The van der Waals surface area contributed by atoms with E-state index in [4.69, 9.17) is 0 Å². The van der Waals surface area contributed by atoms with Gasteiger partial charge in [-0.3, -0.25) is 4.79 Å². The lowest BCUT2D eigenvalue weighted by Gasteiger charge is -2.27. The van der Waals surface area contributed by atoms with Gasteiger partial charge in [0.2, 0.25) is 5.91 Å². The van der Waals surface area contributed by atoms with Gasteiger partial charge in [0.1, 0.15) is 0 Å². The summed E-state index contributed by atoms with van der Waals surface area (Å²) < 4.78 is 1.92.